The van der Waals surface area contributed by atoms with Crippen molar-refractivity contribution in [3.05, 3.63) is 126 Å². The molecule has 1 aliphatic heterocycles. The fraction of sp³-hybridized carbons (Fsp3) is 0.111. The summed E-state index contributed by atoms with van der Waals surface area (Å²) in [4.78, 5) is 2.36. The van der Waals surface area contributed by atoms with Crippen LogP contribution in [0.1, 0.15) is 18.4 Å². The molecule has 3 aliphatic rings. The second-order valence-corrected chi connectivity index (χ2v) is 7.63. The minimum atomic E-state index is 0.923. The fourth-order valence-electron chi connectivity index (χ4n) is 4.29. The van der Waals surface area contributed by atoms with Gasteiger partial charge in [0.1, 0.15) is 0 Å². The minimum Gasteiger partial charge on any atom is -0.360 e. The first-order valence-corrected chi connectivity index (χ1v) is 10.1. The highest BCUT2D eigenvalue weighted by Crippen LogP contribution is 2.36. The van der Waals surface area contributed by atoms with E-state index in [2.05, 4.69) is 109 Å². The lowest BCUT2D eigenvalue weighted by molar-refractivity contribution is 0.994. The molecule has 0 saturated carbocycles. The Bertz CT molecular complexity index is 1200. The Balaban J connectivity index is 1.65. The summed E-state index contributed by atoms with van der Waals surface area (Å²) in [5.74, 6) is 0. The lowest BCUT2D eigenvalue weighted by Gasteiger charge is -2.30. The molecular formula is C27H24N2. The van der Waals surface area contributed by atoms with Gasteiger partial charge in [0.25, 0.3) is 0 Å². The molecular weight excluding hydrogens is 352 g/mol. The number of allylic oxidation sites excluding steroid dienone is 9. The first-order chi connectivity index (χ1) is 14.2. The number of benzene rings is 2. The van der Waals surface area contributed by atoms with Crippen LogP contribution in [0.25, 0.3) is 10.8 Å². The average Bonchev–Trinajstić information content (AvgIpc) is 3.42. The van der Waals surface area contributed by atoms with E-state index in [1.54, 1.807) is 0 Å². The van der Waals surface area contributed by atoms with Gasteiger partial charge in [-0.1, -0.05) is 61.2 Å². The van der Waals surface area contributed by atoms with E-state index >= 15 is 0 Å². The van der Waals surface area contributed by atoms with Gasteiger partial charge in [-0.15, -0.1) is 0 Å². The molecule has 1 heterocycles. The van der Waals surface area contributed by atoms with E-state index in [1.807, 2.05) is 0 Å². The van der Waals surface area contributed by atoms with Gasteiger partial charge in [-0.3, -0.25) is 0 Å². The smallest absolute Gasteiger partial charge is 0.0618 e. The summed E-state index contributed by atoms with van der Waals surface area (Å²) in [7, 11) is 0. The van der Waals surface area contributed by atoms with Gasteiger partial charge in [0, 0.05) is 29.7 Å². The predicted octanol–water partition coefficient (Wildman–Crippen LogP) is 6.57. The third-order valence-corrected chi connectivity index (χ3v) is 5.86. The van der Waals surface area contributed by atoms with E-state index in [1.165, 1.54) is 33.3 Å². The zero-order valence-corrected chi connectivity index (χ0v) is 16.7. The maximum absolute atomic E-state index is 4.28. The van der Waals surface area contributed by atoms with E-state index in [4.69, 9.17) is 0 Å². The van der Waals surface area contributed by atoms with Crippen LogP contribution in [0, 0.1) is 6.92 Å². The van der Waals surface area contributed by atoms with Gasteiger partial charge in [-0.05, 0) is 65.1 Å². The van der Waals surface area contributed by atoms with Crippen molar-refractivity contribution in [1.29, 1.82) is 0 Å². The number of nitrogens with zero attached hydrogens (tertiary/aromatic N) is 1. The molecule has 0 atom stereocenters. The number of fused-ring (bicyclic) bond motifs is 1. The summed E-state index contributed by atoms with van der Waals surface area (Å²) in [5, 5.41) is 6.08. The number of rotatable bonds is 3. The minimum absolute atomic E-state index is 0.923. The van der Waals surface area contributed by atoms with Crippen molar-refractivity contribution in [2.75, 3.05) is 4.90 Å². The Morgan fingerprint density at radius 3 is 2.72 bits per heavy atom. The standard InChI is InChI=1S/C27H24N2/c1-19-14-16-23(18-28-26-13-7-12-24(19)26)29(22-9-4-5-10-22)27-17-15-21-8-3-6-11-25(21)20(27)2/h3-9,11,13-18,28H,1,10,12H2,2H3/b16-14-,23-18+. The first-order valence-electron chi connectivity index (χ1n) is 10.1. The van der Waals surface area contributed by atoms with Crippen LogP contribution in [0.5, 0.6) is 0 Å². The molecule has 1 N–H and O–H groups in total. The summed E-state index contributed by atoms with van der Waals surface area (Å²) >= 11 is 0. The lowest BCUT2D eigenvalue weighted by Crippen LogP contribution is -2.23. The maximum atomic E-state index is 4.28. The quantitative estimate of drug-likeness (QED) is 0.652. The van der Waals surface area contributed by atoms with Crippen LogP contribution in [0.4, 0.5) is 5.69 Å². The third-order valence-electron chi connectivity index (χ3n) is 5.86. The second-order valence-electron chi connectivity index (χ2n) is 7.63. The zero-order chi connectivity index (χ0) is 19.8. The summed E-state index contributed by atoms with van der Waals surface area (Å²) in [5.41, 5.74) is 8.34. The van der Waals surface area contributed by atoms with Gasteiger partial charge in [0.05, 0.1) is 5.70 Å². The van der Waals surface area contributed by atoms with Crippen molar-refractivity contribution < 1.29 is 0 Å². The van der Waals surface area contributed by atoms with Crippen LogP contribution < -0.4 is 10.2 Å². The van der Waals surface area contributed by atoms with Gasteiger partial charge in [-0.2, -0.15) is 0 Å². The zero-order valence-electron chi connectivity index (χ0n) is 16.7. The van der Waals surface area contributed by atoms with Gasteiger partial charge in [-0.25, -0.2) is 0 Å². The van der Waals surface area contributed by atoms with Crippen LogP contribution in [-0.4, -0.2) is 0 Å². The van der Waals surface area contributed by atoms with Crippen molar-refractivity contribution in [1.82, 2.24) is 5.32 Å². The van der Waals surface area contributed by atoms with E-state index in [0.717, 1.165) is 29.8 Å². The van der Waals surface area contributed by atoms with E-state index in [9.17, 15) is 0 Å². The molecule has 2 heteroatoms. The summed E-state index contributed by atoms with van der Waals surface area (Å²) in [6.07, 6.45) is 19.2. The molecule has 0 aromatic heterocycles. The van der Waals surface area contributed by atoms with Crippen molar-refractivity contribution in [2.45, 2.75) is 19.8 Å². The summed E-state index contributed by atoms with van der Waals surface area (Å²) in [6.45, 7) is 6.50. The van der Waals surface area contributed by atoms with Crippen molar-refractivity contribution in [3.8, 4) is 0 Å². The first kappa shape index (κ1) is 17.6. The highest BCUT2D eigenvalue weighted by atomic mass is 15.2. The second kappa shape index (κ2) is 7.14. The van der Waals surface area contributed by atoms with E-state index in [-0.39, 0.29) is 0 Å². The largest absolute Gasteiger partial charge is 0.360 e. The Morgan fingerprint density at radius 2 is 1.86 bits per heavy atom. The fourth-order valence-corrected chi connectivity index (χ4v) is 4.29. The third kappa shape index (κ3) is 3.07. The molecule has 0 bridgehead atoms. The van der Waals surface area contributed by atoms with Gasteiger partial charge >= 0.3 is 0 Å². The Kier molecular flexibility index (Phi) is 4.33. The molecule has 0 fully saturated rings. The van der Waals surface area contributed by atoms with Gasteiger partial charge in [0.2, 0.25) is 0 Å². The van der Waals surface area contributed by atoms with Gasteiger partial charge in [0.15, 0.2) is 0 Å². The molecule has 2 aliphatic carbocycles. The SMILES string of the molecule is C=C1/C=C\C(N(C2=CC=CC2)c2ccc3ccccc3c2C)=C/NC2=C1CC=C2. The molecule has 0 spiro atoms. The average molecular weight is 377 g/mol. The predicted molar refractivity (Wildman–Crippen MR) is 123 cm³/mol. The maximum Gasteiger partial charge on any atom is 0.0618 e. The molecule has 29 heavy (non-hydrogen) atoms. The molecule has 0 unspecified atom stereocenters. The molecule has 142 valence electrons. The van der Waals surface area contributed by atoms with Crippen molar-refractivity contribution in [2.24, 2.45) is 0 Å². The van der Waals surface area contributed by atoms with Gasteiger partial charge < -0.3 is 10.2 Å². The number of hydrogen-bond acceptors (Lipinski definition) is 2. The van der Waals surface area contributed by atoms with Crippen LogP contribution in [0.15, 0.2) is 120 Å². The Hall–Kier alpha value is -3.52. The van der Waals surface area contributed by atoms with Crippen molar-refractivity contribution >= 4 is 16.5 Å². The monoisotopic (exact) mass is 376 g/mol. The highest BCUT2D eigenvalue weighted by Gasteiger charge is 2.21. The summed E-state index contributed by atoms with van der Waals surface area (Å²) < 4.78 is 0. The van der Waals surface area contributed by atoms with Crippen molar-refractivity contribution in [3.63, 3.8) is 0 Å². The molecule has 5 rings (SSSR count). The lowest BCUT2D eigenvalue weighted by atomic mass is 10.0. The Morgan fingerprint density at radius 1 is 0.966 bits per heavy atom. The molecule has 0 radical (unpaired) electrons. The topological polar surface area (TPSA) is 15.3 Å². The van der Waals surface area contributed by atoms with E-state index < -0.39 is 0 Å². The molecule has 0 saturated heterocycles. The van der Waals surface area contributed by atoms with Crippen LogP contribution in [0.3, 0.4) is 0 Å². The molecule has 2 aromatic rings. The van der Waals surface area contributed by atoms with E-state index in [0.29, 0.717) is 0 Å². The normalized spacial score (nSPS) is 20.7. The molecule has 2 nitrogen and oxygen atoms in total. The van der Waals surface area contributed by atoms with Crippen LogP contribution in [0.2, 0.25) is 0 Å². The molecule has 0 amide bonds. The number of nitrogens with one attached hydrogen (secondary N) is 1. The number of aryl methyl sites for hydroxylation is 1. The molecule has 2 aromatic carbocycles. The van der Waals surface area contributed by atoms with Crippen LogP contribution in [-0.2, 0) is 0 Å². The van der Waals surface area contributed by atoms with Crippen LogP contribution >= 0.6 is 0 Å². The number of anilines is 1. The highest BCUT2D eigenvalue weighted by molar-refractivity contribution is 5.91. The Labute approximate surface area is 172 Å². The number of hydrogen-bond donors (Lipinski definition) is 1. The summed E-state index contributed by atoms with van der Waals surface area (Å²) in [6, 6.07) is 13.0.